The summed E-state index contributed by atoms with van der Waals surface area (Å²) in [6, 6.07) is 16.2. The predicted molar refractivity (Wildman–Crippen MR) is 123 cm³/mol. The van der Waals surface area contributed by atoms with E-state index in [-0.39, 0.29) is 12.1 Å². The minimum atomic E-state index is -0.0104. The van der Waals surface area contributed by atoms with Crippen LogP contribution in [0.3, 0.4) is 0 Å². The zero-order valence-corrected chi connectivity index (χ0v) is 18.5. The number of benzene rings is 2. The lowest BCUT2D eigenvalue weighted by Crippen LogP contribution is -2.45. The fourth-order valence-corrected chi connectivity index (χ4v) is 3.93. The molecule has 6 nitrogen and oxygen atoms in total. The van der Waals surface area contributed by atoms with Gasteiger partial charge in [-0.3, -0.25) is 0 Å². The van der Waals surface area contributed by atoms with Gasteiger partial charge in [0.2, 0.25) is 0 Å². The predicted octanol–water partition coefficient (Wildman–Crippen LogP) is 4.47. The van der Waals surface area contributed by atoms with Crippen LogP contribution in [0, 0.1) is 0 Å². The Bertz CT molecular complexity index is 807. The van der Waals surface area contributed by atoms with Gasteiger partial charge in [0.05, 0.1) is 7.11 Å². The summed E-state index contributed by atoms with van der Waals surface area (Å²) in [6.45, 7) is 2.17. The number of carbonyl (C=O) groups is 1. The van der Waals surface area contributed by atoms with E-state index in [9.17, 15) is 4.79 Å². The summed E-state index contributed by atoms with van der Waals surface area (Å²) in [6.07, 6.45) is 6.55. The van der Waals surface area contributed by atoms with Gasteiger partial charge in [0.1, 0.15) is 6.61 Å². The Hall–Kier alpha value is -2.73. The van der Waals surface area contributed by atoms with Crippen LogP contribution in [0.1, 0.15) is 49.7 Å². The molecular weight excluding hydrogens is 390 g/mol. The van der Waals surface area contributed by atoms with Crippen molar-refractivity contribution >= 4 is 6.03 Å². The SMILES string of the molecule is COc1cc(CN(CCCN)C(=O)NC2CCCCC2)ccc1OCc1ccccc1. The van der Waals surface area contributed by atoms with E-state index >= 15 is 0 Å². The number of methoxy groups -OCH3 is 1. The van der Waals surface area contributed by atoms with Crippen molar-refractivity contribution in [3.05, 3.63) is 59.7 Å². The zero-order chi connectivity index (χ0) is 21.9. The van der Waals surface area contributed by atoms with E-state index in [1.165, 1.54) is 19.3 Å². The van der Waals surface area contributed by atoms with Gasteiger partial charge < -0.3 is 25.4 Å². The molecule has 0 aromatic heterocycles. The fraction of sp³-hybridized carbons (Fsp3) is 0.480. The molecule has 3 rings (SSSR count). The van der Waals surface area contributed by atoms with Crippen LogP contribution >= 0.6 is 0 Å². The van der Waals surface area contributed by atoms with Crippen molar-refractivity contribution in [3.8, 4) is 11.5 Å². The summed E-state index contributed by atoms with van der Waals surface area (Å²) in [4.78, 5) is 14.8. The van der Waals surface area contributed by atoms with Crippen molar-refractivity contribution in [2.45, 2.75) is 57.7 Å². The number of hydrogen-bond donors (Lipinski definition) is 2. The van der Waals surface area contributed by atoms with E-state index in [4.69, 9.17) is 15.2 Å². The van der Waals surface area contributed by atoms with Crippen molar-refractivity contribution in [1.29, 1.82) is 0 Å². The molecule has 2 amide bonds. The number of rotatable bonds is 10. The van der Waals surface area contributed by atoms with Gasteiger partial charge in [-0.05, 0) is 49.1 Å². The van der Waals surface area contributed by atoms with Crippen LogP contribution in [-0.2, 0) is 13.2 Å². The normalized spacial score (nSPS) is 14.1. The van der Waals surface area contributed by atoms with Crippen LogP contribution in [0.2, 0.25) is 0 Å². The topological polar surface area (TPSA) is 76.8 Å². The third-order valence-electron chi connectivity index (χ3n) is 5.69. The Morgan fingerprint density at radius 2 is 1.84 bits per heavy atom. The van der Waals surface area contributed by atoms with Gasteiger partial charge in [-0.15, -0.1) is 0 Å². The standard InChI is InChI=1S/C25H35N3O3/c1-30-24-17-21(13-14-23(24)31-19-20-9-4-2-5-10-20)18-28(16-8-15-26)25(29)27-22-11-6-3-7-12-22/h2,4-5,9-10,13-14,17,22H,3,6-8,11-12,15-16,18-19,26H2,1H3,(H,27,29). The molecule has 168 valence electrons. The van der Waals surface area contributed by atoms with E-state index in [0.29, 0.717) is 37.7 Å². The summed E-state index contributed by atoms with van der Waals surface area (Å²) in [5, 5.41) is 3.22. The van der Waals surface area contributed by atoms with E-state index in [0.717, 1.165) is 30.4 Å². The summed E-state index contributed by atoms with van der Waals surface area (Å²) in [5.41, 5.74) is 7.80. The van der Waals surface area contributed by atoms with E-state index in [2.05, 4.69) is 5.32 Å². The number of nitrogens with one attached hydrogen (secondary N) is 1. The third kappa shape index (κ3) is 7.17. The van der Waals surface area contributed by atoms with Gasteiger partial charge in [0, 0.05) is 19.1 Å². The Morgan fingerprint density at radius 3 is 2.55 bits per heavy atom. The minimum Gasteiger partial charge on any atom is -0.493 e. The largest absolute Gasteiger partial charge is 0.493 e. The maximum Gasteiger partial charge on any atom is 0.317 e. The molecule has 1 fully saturated rings. The lowest BCUT2D eigenvalue weighted by atomic mass is 9.96. The molecule has 0 aliphatic heterocycles. The smallest absolute Gasteiger partial charge is 0.317 e. The summed E-state index contributed by atoms with van der Waals surface area (Å²) >= 11 is 0. The molecule has 0 saturated heterocycles. The Labute approximate surface area is 185 Å². The first-order valence-electron chi connectivity index (χ1n) is 11.3. The Kier molecular flexibility index (Phi) is 9.03. The number of ether oxygens (including phenoxy) is 2. The second-order valence-corrected chi connectivity index (χ2v) is 8.11. The molecule has 2 aromatic rings. The van der Waals surface area contributed by atoms with Crippen molar-refractivity contribution in [2.75, 3.05) is 20.2 Å². The molecule has 0 radical (unpaired) electrons. The molecule has 1 aliphatic carbocycles. The maximum atomic E-state index is 12.9. The fourth-order valence-electron chi connectivity index (χ4n) is 3.93. The highest BCUT2D eigenvalue weighted by Gasteiger charge is 2.20. The van der Waals surface area contributed by atoms with Crippen LogP contribution in [0.5, 0.6) is 11.5 Å². The molecule has 0 heterocycles. The highest BCUT2D eigenvalue weighted by atomic mass is 16.5. The lowest BCUT2D eigenvalue weighted by Gasteiger charge is -2.28. The lowest BCUT2D eigenvalue weighted by molar-refractivity contribution is 0.187. The van der Waals surface area contributed by atoms with Crippen LogP contribution in [0.15, 0.2) is 48.5 Å². The van der Waals surface area contributed by atoms with Crippen LogP contribution in [0.4, 0.5) is 4.79 Å². The average Bonchev–Trinajstić information content (AvgIpc) is 2.82. The first-order chi connectivity index (χ1) is 15.2. The van der Waals surface area contributed by atoms with Gasteiger partial charge in [0.15, 0.2) is 11.5 Å². The van der Waals surface area contributed by atoms with Crippen LogP contribution in [0.25, 0.3) is 0 Å². The monoisotopic (exact) mass is 425 g/mol. The quantitative estimate of drug-likeness (QED) is 0.589. The highest BCUT2D eigenvalue weighted by molar-refractivity contribution is 5.74. The molecular formula is C25H35N3O3. The minimum absolute atomic E-state index is 0.0104. The Morgan fingerprint density at radius 1 is 1.06 bits per heavy atom. The zero-order valence-electron chi connectivity index (χ0n) is 18.5. The number of hydrogen-bond acceptors (Lipinski definition) is 4. The molecule has 6 heteroatoms. The van der Waals surface area contributed by atoms with Crippen molar-refractivity contribution in [1.82, 2.24) is 10.2 Å². The molecule has 0 bridgehead atoms. The Balaban J connectivity index is 1.64. The van der Waals surface area contributed by atoms with Crippen molar-refractivity contribution in [3.63, 3.8) is 0 Å². The highest BCUT2D eigenvalue weighted by Crippen LogP contribution is 2.29. The first kappa shape index (κ1) is 22.9. The van der Waals surface area contributed by atoms with Gasteiger partial charge >= 0.3 is 6.03 Å². The van der Waals surface area contributed by atoms with Gasteiger partial charge in [-0.25, -0.2) is 4.79 Å². The summed E-state index contributed by atoms with van der Waals surface area (Å²) in [5.74, 6) is 1.36. The van der Waals surface area contributed by atoms with E-state index in [1.807, 2.05) is 53.4 Å². The molecule has 0 unspecified atom stereocenters. The second kappa shape index (κ2) is 12.2. The molecule has 2 aromatic carbocycles. The summed E-state index contributed by atoms with van der Waals surface area (Å²) < 4.78 is 11.5. The number of carbonyl (C=O) groups excluding carboxylic acids is 1. The average molecular weight is 426 g/mol. The van der Waals surface area contributed by atoms with Gasteiger partial charge in [-0.2, -0.15) is 0 Å². The van der Waals surface area contributed by atoms with Gasteiger partial charge in [0.25, 0.3) is 0 Å². The van der Waals surface area contributed by atoms with Crippen molar-refractivity contribution in [2.24, 2.45) is 5.73 Å². The molecule has 31 heavy (non-hydrogen) atoms. The number of urea groups is 1. The summed E-state index contributed by atoms with van der Waals surface area (Å²) in [7, 11) is 1.64. The molecule has 3 N–H and O–H groups in total. The van der Waals surface area contributed by atoms with E-state index < -0.39 is 0 Å². The molecule has 1 aliphatic rings. The number of amides is 2. The van der Waals surface area contributed by atoms with Gasteiger partial charge in [-0.1, -0.05) is 55.7 Å². The van der Waals surface area contributed by atoms with E-state index in [1.54, 1.807) is 7.11 Å². The maximum absolute atomic E-state index is 12.9. The molecule has 0 atom stereocenters. The molecule has 1 saturated carbocycles. The first-order valence-corrected chi connectivity index (χ1v) is 11.3. The number of nitrogens with two attached hydrogens (primary N) is 1. The second-order valence-electron chi connectivity index (χ2n) is 8.11. The van der Waals surface area contributed by atoms with Crippen molar-refractivity contribution < 1.29 is 14.3 Å². The number of nitrogens with zero attached hydrogens (tertiary/aromatic N) is 1. The van der Waals surface area contributed by atoms with Crippen LogP contribution in [-0.4, -0.2) is 37.2 Å². The third-order valence-corrected chi connectivity index (χ3v) is 5.69. The van der Waals surface area contributed by atoms with Crippen LogP contribution < -0.4 is 20.5 Å². The molecule has 0 spiro atoms.